The van der Waals surface area contributed by atoms with E-state index in [9.17, 15) is 9.59 Å². The Morgan fingerprint density at radius 2 is 1.59 bits per heavy atom. The maximum absolute atomic E-state index is 13.6. The molecule has 3 aromatic rings. The summed E-state index contributed by atoms with van der Waals surface area (Å²) in [5.74, 6) is 4.67. The smallest absolute Gasteiger partial charge is 0.332 e. The quantitative estimate of drug-likeness (QED) is 0.346. The average Bonchev–Trinajstić information content (AvgIpc) is 3.32. The number of rotatable bonds is 11. The minimum atomic E-state index is -0.309. The largest absolute Gasteiger partial charge is 0.493 e. The highest BCUT2D eigenvalue weighted by molar-refractivity contribution is 5.77. The third-order valence-corrected chi connectivity index (χ3v) is 9.71. The van der Waals surface area contributed by atoms with Crippen molar-refractivity contribution in [2.24, 2.45) is 17.8 Å². The van der Waals surface area contributed by atoms with Gasteiger partial charge in [-0.3, -0.25) is 13.9 Å². The van der Waals surface area contributed by atoms with E-state index in [1.54, 1.807) is 18.8 Å². The lowest BCUT2D eigenvalue weighted by molar-refractivity contribution is -0.0196. The molecule has 41 heavy (non-hydrogen) atoms. The molecule has 0 radical (unpaired) electrons. The predicted octanol–water partition coefficient (Wildman–Crippen LogP) is 4.54. The van der Waals surface area contributed by atoms with E-state index in [0.29, 0.717) is 53.7 Å². The first-order valence-electron chi connectivity index (χ1n) is 15.3. The number of aryl methyl sites for hydroxylation is 2. The molecule has 0 saturated heterocycles. The van der Waals surface area contributed by atoms with E-state index < -0.39 is 0 Å². The lowest BCUT2D eigenvalue weighted by atomic mass is 9.53. The van der Waals surface area contributed by atoms with Crippen LogP contribution in [-0.4, -0.2) is 45.0 Å². The highest BCUT2D eigenvalue weighted by Crippen LogP contribution is 2.55. The van der Waals surface area contributed by atoms with Crippen molar-refractivity contribution < 1.29 is 9.47 Å². The van der Waals surface area contributed by atoms with Crippen LogP contribution in [0, 0.1) is 17.8 Å². The number of nitrogens with zero attached hydrogens (tertiary/aromatic N) is 4. The minimum Gasteiger partial charge on any atom is -0.493 e. The van der Waals surface area contributed by atoms with Gasteiger partial charge in [-0.05, 0) is 107 Å². The van der Waals surface area contributed by atoms with Crippen molar-refractivity contribution in [3.63, 3.8) is 0 Å². The normalized spacial score (nSPS) is 25.0. The van der Waals surface area contributed by atoms with Crippen molar-refractivity contribution in [2.75, 3.05) is 20.8 Å². The van der Waals surface area contributed by atoms with E-state index in [1.165, 1.54) is 43.1 Å². The lowest BCUT2D eigenvalue weighted by Gasteiger charge is -2.57. The summed E-state index contributed by atoms with van der Waals surface area (Å²) in [6, 6.07) is 5.72. The van der Waals surface area contributed by atoms with Gasteiger partial charge in [-0.2, -0.15) is 0 Å². The molecule has 4 saturated carbocycles. The molecule has 0 aliphatic heterocycles. The molecule has 9 heteroatoms. The summed E-state index contributed by atoms with van der Waals surface area (Å²) in [6.07, 6.45) is 13.0. The fraction of sp³-hybridized carbons (Fsp3) is 0.594. The Morgan fingerprint density at radius 1 is 0.927 bits per heavy atom. The number of benzene rings is 1. The van der Waals surface area contributed by atoms with Gasteiger partial charge in [0.2, 0.25) is 0 Å². The van der Waals surface area contributed by atoms with E-state index in [4.69, 9.17) is 14.5 Å². The monoisotopic (exact) mass is 561 g/mol. The predicted molar refractivity (Wildman–Crippen MR) is 162 cm³/mol. The Kier molecular flexibility index (Phi) is 7.57. The number of fused-ring (bicyclic) bond motifs is 1. The molecule has 0 atom stereocenters. The molecular formula is C32H43N5O4. The second-order valence-electron chi connectivity index (χ2n) is 12.3. The van der Waals surface area contributed by atoms with Gasteiger partial charge in [0, 0.05) is 25.2 Å². The van der Waals surface area contributed by atoms with Crippen molar-refractivity contribution in [3.05, 3.63) is 50.4 Å². The molecule has 4 fully saturated rings. The van der Waals surface area contributed by atoms with Crippen LogP contribution in [-0.2, 0) is 19.6 Å². The van der Waals surface area contributed by atoms with E-state index in [1.807, 2.05) is 48.8 Å². The number of aromatic nitrogens is 4. The summed E-state index contributed by atoms with van der Waals surface area (Å²) in [7, 11) is 3.23. The van der Waals surface area contributed by atoms with Crippen LogP contribution in [0.25, 0.3) is 23.3 Å². The molecular weight excluding hydrogens is 518 g/mol. The van der Waals surface area contributed by atoms with Crippen molar-refractivity contribution in [1.82, 2.24) is 24.0 Å². The third kappa shape index (κ3) is 5.02. The summed E-state index contributed by atoms with van der Waals surface area (Å²) < 4.78 is 15.8. The summed E-state index contributed by atoms with van der Waals surface area (Å²) >= 11 is 0. The van der Waals surface area contributed by atoms with E-state index in [2.05, 4.69) is 5.32 Å². The van der Waals surface area contributed by atoms with Crippen molar-refractivity contribution in [3.8, 4) is 11.5 Å². The summed E-state index contributed by atoms with van der Waals surface area (Å²) in [5.41, 5.74) is 1.59. The fourth-order valence-corrected chi connectivity index (χ4v) is 8.27. The summed E-state index contributed by atoms with van der Waals surface area (Å²) in [6.45, 7) is 6.06. The second-order valence-corrected chi connectivity index (χ2v) is 12.3. The lowest BCUT2D eigenvalue weighted by Crippen LogP contribution is -2.58. The van der Waals surface area contributed by atoms with Gasteiger partial charge in [-0.15, -0.1) is 0 Å². The first-order valence-corrected chi connectivity index (χ1v) is 15.3. The number of hydrogen-bond donors (Lipinski definition) is 1. The number of nitrogens with one attached hydrogen (secondary N) is 1. The number of ether oxygens (including phenoxy) is 2. The molecule has 7 rings (SSSR count). The van der Waals surface area contributed by atoms with Crippen LogP contribution in [0.4, 0.5) is 0 Å². The van der Waals surface area contributed by atoms with Gasteiger partial charge in [0.15, 0.2) is 22.7 Å². The Labute approximate surface area is 241 Å². The average molecular weight is 562 g/mol. The zero-order chi connectivity index (χ0) is 28.7. The Bertz CT molecular complexity index is 1540. The molecule has 0 amide bonds. The Balaban J connectivity index is 1.31. The van der Waals surface area contributed by atoms with Crippen LogP contribution in [0.5, 0.6) is 11.5 Å². The fourth-order valence-electron chi connectivity index (χ4n) is 8.27. The van der Waals surface area contributed by atoms with Crippen LogP contribution in [0.2, 0.25) is 0 Å². The van der Waals surface area contributed by atoms with Crippen LogP contribution >= 0.6 is 0 Å². The van der Waals surface area contributed by atoms with Gasteiger partial charge >= 0.3 is 5.69 Å². The van der Waals surface area contributed by atoms with Crippen molar-refractivity contribution >= 4 is 23.3 Å². The number of imidazole rings is 1. The van der Waals surface area contributed by atoms with Gasteiger partial charge in [0.05, 0.1) is 14.2 Å². The molecule has 9 nitrogen and oxygen atoms in total. The Morgan fingerprint density at radius 3 is 2.20 bits per heavy atom. The molecule has 4 bridgehead atoms. The molecule has 1 N–H and O–H groups in total. The minimum absolute atomic E-state index is 0.274. The summed E-state index contributed by atoms with van der Waals surface area (Å²) in [4.78, 5) is 31.5. The highest BCUT2D eigenvalue weighted by atomic mass is 16.5. The molecule has 0 spiro atoms. The van der Waals surface area contributed by atoms with Crippen LogP contribution in [0.3, 0.4) is 0 Å². The first-order chi connectivity index (χ1) is 19.9. The van der Waals surface area contributed by atoms with Gasteiger partial charge in [0.1, 0.15) is 5.82 Å². The van der Waals surface area contributed by atoms with Crippen molar-refractivity contribution in [1.29, 1.82) is 0 Å². The van der Waals surface area contributed by atoms with Crippen LogP contribution in [0.1, 0.15) is 70.2 Å². The molecule has 0 unspecified atom stereocenters. The third-order valence-electron chi connectivity index (χ3n) is 9.71. The maximum Gasteiger partial charge on any atom is 0.332 e. The van der Waals surface area contributed by atoms with E-state index in [-0.39, 0.29) is 11.2 Å². The van der Waals surface area contributed by atoms with E-state index in [0.717, 1.165) is 36.3 Å². The molecule has 4 aliphatic rings. The van der Waals surface area contributed by atoms with Gasteiger partial charge in [-0.25, -0.2) is 9.78 Å². The van der Waals surface area contributed by atoms with E-state index >= 15 is 0 Å². The standard InChI is InChI=1S/C32H43N5O4/c1-5-35-29-28(30(38)36(6-2)31(35)39)37(27(34-29)11-9-21-8-10-25(40-3)26(17-21)41-4)13-7-12-33-32-18-22-14-23(19-32)16-24(15-22)20-32/h8-11,17,22-24,33H,5-7,12-16,18-20H2,1-4H3/b11-9+. The first kappa shape index (κ1) is 27.8. The van der Waals surface area contributed by atoms with Gasteiger partial charge < -0.3 is 19.4 Å². The Hall–Kier alpha value is -3.33. The molecule has 2 heterocycles. The highest BCUT2D eigenvalue weighted by Gasteiger charge is 2.50. The van der Waals surface area contributed by atoms with Crippen molar-refractivity contribution in [2.45, 2.75) is 84.0 Å². The second kappa shape index (κ2) is 11.2. The maximum atomic E-state index is 13.6. The topological polar surface area (TPSA) is 92.3 Å². The van der Waals surface area contributed by atoms with Crippen LogP contribution < -0.4 is 26.0 Å². The van der Waals surface area contributed by atoms with Gasteiger partial charge in [-0.1, -0.05) is 12.1 Å². The summed E-state index contributed by atoms with van der Waals surface area (Å²) in [5, 5.41) is 3.99. The molecule has 220 valence electrons. The zero-order valence-electron chi connectivity index (χ0n) is 24.8. The van der Waals surface area contributed by atoms with Gasteiger partial charge in [0.25, 0.3) is 5.56 Å². The molecule has 2 aromatic heterocycles. The number of methoxy groups -OCH3 is 2. The molecule has 1 aromatic carbocycles. The SMILES string of the molecule is CCn1c(=O)c2c(nc(/C=C/c3ccc(OC)c(OC)c3)n2CCCNC23CC4CC(CC(C4)C2)C3)n(CC)c1=O. The zero-order valence-corrected chi connectivity index (χ0v) is 24.8. The van der Waals surface area contributed by atoms with Crippen LogP contribution in [0.15, 0.2) is 27.8 Å². The molecule has 4 aliphatic carbocycles. The number of hydrogen-bond acceptors (Lipinski definition) is 6.